The molecule has 0 aliphatic carbocycles. The van der Waals surface area contributed by atoms with Crippen LogP contribution in [0.2, 0.25) is 0 Å². The van der Waals surface area contributed by atoms with Crippen LogP contribution in [0.4, 0.5) is 0 Å². The Bertz CT molecular complexity index is 718. The molecule has 3 aliphatic heterocycles. The Morgan fingerprint density at radius 1 is 1.07 bits per heavy atom. The summed E-state index contributed by atoms with van der Waals surface area (Å²) in [6, 6.07) is 6.28. The fourth-order valence-electron chi connectivity index (χ4n) is 4.64. The first kappa shape index (κ1) is 21.2. The summed E-state index contributed by atoms with van der Waals surface area (Å²) >= 11 is 0. The van der Waals surface area contributed by atoms with E-state index in [0.29, 0.717) is 12.7 Å². The smallest absolute Gasteiger partial charge is 0.231 e. The average Bonchev–Trinajstić information content (AvgIpc) is 3.41. The van der Waals surface area contributed by atoms with Gasteiger partial charge in [-0.15, -0.1) is 0 Å². The molecule has 7 heteroatoms. The molecular formula is C23H37N5O2. The van der Waals surface area contributed by atoms with Gasteiger partial charge in [0.05, 0.1) is 0 Å². The SMILES string of the molecule is CCCN1CCC(CN=C(NCC)N2CCN(Cc3ccc4c(c3)OCO4)CC2)C1. The molecule has 166 valence electrons. The number of nitrogens with zero attached hydrogens (tertiary/aromatic N) is 4. The molecular weight excluding hydrogens is 378 g/mol. The summed E-state index contributed by atoms with van der Waals surface area (Å²) < 4.78 is 10.9. The molecule has 1 aromatic rings. The highest BCUT2D eigenvalue weighted by Gasteiger charge is 2.24. The molecule has 0 spiro atoms. The lowest BCUT2D eigenvalue weighted by Gasteiger charge is -2.36. The van der Waals surface area contributed by atoms with E-state index in [2.05, 4.69) is 46.0 Å². The Hall–Kier alpha value is -1.99. The third-order valence-electron chi connectivity index (χ3n) is 6.26. The van der Waals surface area contributed by atoms with Gasteiger partial charge in [0, 0.05) is 52.4 Å². The van der Waals surface area contributed by atoms with E-state index in [-0.39, 0.29) is 0 Å². The number of fused-ring (bicyclic) bond motifs is 1. The highest BCUT2D eigenvalue weighted by atomic mass is 16.7. The van der Waals surface area contributed by atoms with E-state index in [1.54, 1.807) is 0 Å². The van der Waals surface area contributed by atoms with Gasteiger partial charge in [-0.1, -0.05) is 13.0 Å². The molecule has 1 N–H and O–H groups in total. The maximum atomic E-state index is 5.52. The molecule has 1 unspecified atom stereocenters. The van der Waals surface area contributed by atoms with Crippen LogP contribution < -0.4 is 14.8 Å². The van der Waals surface area contributed by atoms with Crippen molar-refractivity contribution in [2.45, 2.75) is 33.2 Å². The Morgan fingerprint density at radius 3 is 2.70 bits per heavy atom. The second-order valence-electron chi connectivity index (χ2n) is 8.60. The molecule has 1 aromatic carbocycles. The molecule has 0 amide bonds. The normalized spacial score (nSPS) is 22.7. The van der Waals surface area contributed by atoms with Gasteiger partial charge in [0.1, 0.15) is 0 Å². The third kappa shape index (κ3) is 5.38. The van der Waals surface area contributed by atoms with Crippen LogP contribution in [0.3, 0.4) is 0 Å². The number of hydrogen-bond donors (Lipinski definition) is 1. The van der Waals surface area contributed by atoms with Crippen LogP contribution in [0.15, 0.2) is 23.2 Å². The lowest BCUT2D eigenvalue weighted by molar-refractivity contribution is 0.171. The van der Waals surface area contributed by atoms with Crippen LogP contribution in [-0.2, 0) is 6.54 Å². The standard InChI is InChI=1S/C23H37N5O2/c1-3-8-26-9-7-20(17-26)15-25-23(24-4-2)28-12-10-27(11-13-28)16-19-5-6-21-22(14-19)30-18-29-21/h5-6,14,20H,3-4,7-13,15-18H2,1-2H3,(H,24,25). The van der Waals surface area contributed by atoms with Crippen LogP contribution in [-0.4, -0.2) is 86.4 Å². The second kappa shape index (κ2) is 10.4. The summed E-state index contributed by atoms with van der Waals surface area (Å²) in [7, 11) is 0. The largest absolute Gasteiger partial charge is 0.454 e. The first-order valence-corrected chi connectivity index (χ1v) is 11.6. The van der Waals surface area contributed by atoms with Crippen molar-refractivity contribution in [1.82, 2.24) is 20.0 Å². The number of hydrogen-bond acceptors (Lipinski definition) is 5. The Labute approximate surface area is 181 Å². The molecule has 3 heterocycles. The number of nitrogens with one attached hydrogen (secondary N) is 1. The van der Waals surface area contributed by atoms with Crippen molar-refractivity contribution < 1.29 is 9.47 Å². The molecule has 0 bridgehead atoms. The van der Waals surface area contributed by atoms with E-state index in [0.717, 1.165) is 63.3 Å². The highest BCUT2D eigenvalue weighted by Crippen LogP contribution is 2.32. The van der Waals surface area contributed by atoms with Gasteiger partial charge in [-0.2, -0.15) is 0 Å². The molecule has 4 rings (SSSR count). The minimum Gasteiger partial charge on any atom is -0.454 e. The van der Waals surface area contributed by atoms with E-state index in [9.17, 15) is 0 Å². The Kier molecular flexibility index (Phi) is 7.33. The predicted molar refractivity (Wildman–Crippen MR) is 120 cm³/mol. The summed E-state index contributed by atoms with van der Waals surface area (Å²) in [5, 5.41) is 3.52. The Morgan fingerprint density at radius 2 is 1.90 bits per heavy atom. The number of ether oxygens (including phenoxy) is 2. The fourth-order valence-corrected chi connectivity index (χ4v) is 4.64. The van der Waals surface area contributed by atoms with Gasteiger partial charge in [0.15, 0.2) is 17.5 Å². The number of piperazine rings is 1. The van der Waals surface area contributed by atoms with Crippen LogP contribution in [0.5, 0.6) is 11.5 Å². The summed E-state index contributed by atoms with van der Waals surface area (Å²) in [6.07, 6.45) is 2.53. The molecule has 0 saturated carbocycles. The summed E-state index contributed by atoms with van der Waals surface area (Å²) in [5.74, 6) is 3.53. The maximum Gasteiger partial charge on any atom is 0.231 e. The molecule has 0 radical (unpaired) electrons. The zero-order chi connectivity index (χ0) is 20.8. The van der Waals surface area contributed by atoms with E-state index in [1.807, 2.05) is 6.07 Å². The van der Waals surface area contributed by atoms with Crippen LogP contribution in [0, 0.1) is 5.92 Å². The second-order valence-corrected chi connectivity index (χ2v) is 8.60. The van der Waals surface area contributed by atoms with Crippen molar-refractivity contribution in [3.05, 3.63) is 23.8 Å². The van der Waals surface area contributed by atoms with Crippen LogP contribution >= 0.6 is 0 Å². The van der Waals surface area contributed by atoms with E-state index in [4.69, 9.17) is 14.5 Å². The van der Waals surface area contributed by atoms with Crippen molar-refractivity contribution in [2.24, 2.45) is 10.9 Å². The fraction of sp³-hybridized carbons (Fsp3) is 0.696. The van der Waals surface area contributed by atoms with Crippen molar-refractivity contribution in [1.29, 1.82) is 0 Å². The van der Waals surface area contributed by atoms with Gasteiger partial charge in [-0.25, -0.2) is 0 Å². The van der Waals surface area contributed by atoms with Crippen molar-refractivity contribution in [3.63, 3.8) is 0 Å². The predicted octanol–water partition coefficient (Wildman–Crippen LogP) is 2.23. The molecule has 2 saturated heterocycles. The van der Waals surface area contributed by atoms with Crippen LogP contribution in [0.25, 0.3) is 0 Å². The van der Waals surface area contributed by atoms with Gasteiger partial charge in [-0.3, -0.25) is 9.89 Å². The summed E-state index contributed by atoms with van der Waals surface area (Å²) in [5.41, 5.74) is 1.28. The number of aliphatic imine (C=N–C) groups is 1. The topological polar surface area (TPSA) is 52.6 Å². The molecule has 30 heavy (non-hydrogen) atoms. The third-order valence-corrected chi connectivity index (χ3v) is 6.26. The van der Waals surface area contributed by atoms with E-state index >= 15 is 0 Å². The Balaban J connectivity index is 1.26. The number of guanidine groups is 1. The average molecular weight is 416 g/mol. The van der Waals surface area contributed by atoms with E-state index < -0.39 is 0 Å². The molecule has 7 nitrogen and oxygen atoms in total. The molecule has 3 aliphatic rings. The van der Waals surface area contributed by atoms with Gasteiger partial charge >= 0.3 is 0 Å². The zero-order valence-electron chi connectivity index (χ0n) is 18.6. The summed E-state index contributed by atoms with van der Waals surface area (Å²) in [4.78, 5) is 12.5. The van der Waals surface area contributed by atoms with Gasteiger partial charge in [0.25, 0.3) is 0 Å². The number of benzene rings is 1. The van der Waals surface area contributed by atoms with Crippen molar-refractivity contribution in [2.75, 3.05) is 65.7 Å². The first-order valence-electron chi connectivity index (χ1n) is 11.6. The van der Waals surface area contributed by atoms with Crippen molar-refractivity contribution >= 4 is 5.96 Å². The van der Waals surface area contributed by atoms with Crippen LogP contribution in [0.1, 0.15) is 32.3 Å². The zero-order valence-corrected chi connectivity index (χ0v) is 18.6. The maximum absolute atomic E-state index is 5.52. The minimum absolute atomic E-state index is 0.335. The van der Waals surface area contributed by atoms with Gasteiger partial charge < -0.3 is 24.6 Å². The summed E-state index contributed by atoms with van der Waals surface area (Å²) in [6.45, 7) is 15.4. The van der Waals surface area contributed by atoms with Crippen molar-refractivity contribution in [3.8, 4) is 11.5 Å². The molecule has 2 fully saturated rings. The number of rotatable bonds is 7. The highest BCUT2D eigenvalue weighted by molar-refractivity contribution is 5.80. The lowest BCUT2D eigenvalue weighted by Crippen LogP contribution is -2.52. The number of likely N-dealkylation sites (tertiary alicyclic amines) is 1. The molecule has 0 aromatic heterocycles. The monoisotopic (exact) mass is 415 g/mol. The minimum atomic E-state index is 0.335. The lowest BCUT2D eigenvalue weighted by atomic mass is 10.1. The van der Waals surface area contributed by atoms with Gasteiger partial charge in [0.2, 0.25) is 6.79 Å². The quantitative estimate of drug-likeness (QED) is 0.545. The van der Waals surface area contributed by atoms with Gasteiger partial charge in [-0.05, 0) is 56.5 Å². The first-order chi connectivity index (χ1) is 14.7. The molecule has 1 atom stereocenters. The van der Waals surface area contributed by atoms with E-state index in [1.165, 1.54) is 38.0 Å².